The molecule has 1 saturated carbocycles. The van der Waals surface area contributed by atoms with Gasteiger partial charge in [0.25, 0.3) is 0 Å². The molecule has 2 nitrogen and oxygen atoms in total. The number of phenolic OH excluding ortho intramolecular Hbond substituents is 1. The third kappa shape index (κ3) is 5.49. The lowest BCUT2D eigenvalue weighted by Crippen LogP contribution is -2.18. The fourth-order valence-electron chi connectivity index (χ4n) is 4.82. The summed E-state index contributed by atoms with van der Waals surface area (Å²) in [6, 6.07) is 7.93. The first kappa shape index (κ1) is 20.3. The summed E-state index contributed by atoms with van der Waals surface area (Å²) in [5.41, 5.74) is 4.35. The first-order chi connectivity index (χ1) is 11.6. The Labute approximate surface area is 159 Å². The smallest absolute Gasteiger partial charge is 0.116 e. The van der Waals surface area contributed by atoms with Gasteiger partial charge in [0, 0.05) is 6.54 Å². The SMILES string of the molecule is CN(C)CC1=C(c2cccc(O)c2)CC(C2CCCCC2)CCC1.Cl. The summed E-state index contributed by atoms with van der Waals surface area (Å²) >= 11 is 0. The summed E-state index contributed by atoms with van der Waals surface area (Å²) in [7, 11) is 4.33. The molecule has 1 fully saturated rings. The number of phenols is 1. The first-order valence-corrected chi connectivity index (χ1v) is 9.78. The summed E-state index contributed by atoms with van der Waals surface area (Å²) in [4.78, 5) is 2.29. The van der Waals surface area contributed by atoms with Gasteiger partial charge in [0.05, 0.1) is 0 Å². The number of halogens is 1. The van der Waals surface area contributed by atoms with Crippen molar-refractivity contribution < 1.29 is 5.11 Å². The molecule has 3 heteroatoms. The Hall–Kier alpha value is -0.990. The van der Waals surface area contributed by atoms with Gasteiger partial charge in [0.15, 0.2) is 0 Å². The molecule has 0 radical (unpaired) electrons. The van der Waals surface area contributed by atoms with E-state index in [1.807, 2.05) is 12.1 Å². The van der Waals surface area contributed by atoms with Gasteiger partial charge in [-0.1, -0.05) is 49.8 Å². The van der Waals surface area contributed by atoms with Gasteiger partial charge in [-0.2, -0.15) is 0 Å². The number of likely N-dealkylation sites (N-methyl/N-ethyl adjacent to an activating group) is 1. The van der Waals surface area contributed by atoms with Gasteiger partial charge >= 0.3 is 0 Å². The summed E-state index contributed by atoms with van der Waals surface area (Å²) < 4.78 is 0. The van der Waals surface area contributed by atoms with Crippen molar-refractivity contribution in [2.24, 2.45) is 11.8 Å². The number of aromatic hydroxyl groups is 1. The Morgan fingerprint density at radius 3 is 2.40 bits per heavy atom. The van der Waals surface area contributed by atoms with Crippen LogP contribution in [0.15, 0.2) is 29.8 Å². The van der Waals surface area contributed by atoms with E-state index >= 15 is 0 Å². The van der Waals surface area contributed by atoms with Crippen molar-refractivity contribution in [1.29, 1.82) is 0 Å². The topological polar surface area (TPSA) is 23.5 Å². The number of benzene rings is 1. The first-order valence-electron chi connectivity index (χ1n) is 9.78. The second kappa shape index (κ2) is 9.64. The van der Waals surface area contributed by atoms with E-state index in [9.17, 15) is 5.11 Å². The van der Waals surface area contributed by atoms with E-state index in [0.29, 0.717) is 5.75 Å². The van der Waals surface area contributed by atoms with Crippen molar-refractivity contribution in [3.63, 3.8) is 0 Å². The van der Waals surface area contributed by atoms with Crippen LogP contribution in [0.3, 0.4) is 0 Å². The highest BCUT2D eigenvalue weighted by atomic mass is 35.5. The molecule has 25 heavy (non-hydrogen) atoms. The van der Waals surface area contributed by atoms with Crippen LogP contribution in [-0.2, 0) is 0 Å². The second-order valence-electron chi connectivity index (χ2n) is 8.12. The average molecular weight is 364 g/mol. The lowest BCUT2D eigenvalue weighted by Gasteiger charge is -2.30. The van der Waals surface area contributed by atoms with Crippen LogP contribution in [0.1, 0.15) is 63.4 Å². The molecule has 3 rings (SSSR count). The highest BCUT2D eigenvalue weighted by Gasteiger charge is 2.28. The molecular formula is C22H34ClNO. The van der Waals surface area contributed by atoms with Gasteiger partial charge in [-0.3, -0.25) is 0 Å². The van der Waals surface area contributed by atoms with Crippen LogP contribution in [0.2, 0.25) is 0 Å². The van der Waals surface area contributed by atoms with Crippen LogP contribution in [-0.4, -0.2) is 30.6 Å². The molecule has 1 N–H and O–H groups in total. The van der Waals surface area contributed by atoms with Crippen LogP contribution in [0.25, 0.3) is 5.57 Å². The molecule has 1 aromatic carbocycles. The molecular weight excluding hydrogens is 330 g/mol. The van der Waals surface area contributed by atoms with Gasteiger partial charge in [-0.05, 0) is 74.9 Å². The van der Waals surface area contributed by atoms with E-state index in [-0.39, 0.29) is 12.4 Å². The van der Waals surface area contributed by atoms with E-state index in [0.717, 1.165) is 18.4 Å². The Kier molecular flexibility index (Phi) is 7.83. The van der Waals surface area contributed by atoms with Crippen LogP contribution < -0.4 is 0 Å². The largest absolute Gasteiger partial charge is 0.508 e. The quantitative estimate of drug-likeness (QED) is 0.719. The van der Waals surface area contributed by atoms with Gasteiger partial charge in [-0.15, -0.1) is 12.4 Å². The summed E-state index contributed by atoms with van der Waals surface area (Å²) in [6.45, 7) is 1.04. The highest BCUT2D eigenvalue weighted by molar-refractivity contribution is 5.85. The Morgan fingerprint density at radius 1 is 1.00 bits per heavy atom. The van der Waals surface area contributed by atoms with E-state index in [2.05, 4.69) is 25.1 Å². The van der Waals surface area contributed by atoms with Crippen molar-refractivity contribution >= 4 is 18.0 Å². The molecule has 140 valence electrons. The number of rotatable bonds is 4. The molecule has 0 saturated heterocycles. The maximum absolute atomic E-state index is 9.96. The lowest BCUT2D eigenvalue weighted by atomic mass is 9.75. The minimum absolute atomic E-state index is 0. The molecule has 0 amide bonds. The molecule has 0 heterocycles. The zero-order valence-electron chi connectivity index (χ0n) is 15.8. The third-order valence-corrected chi connectivity index (χ3v) is 5.96. The second-order valence-corrected chi connectivity index (χ2v) is 8.12. The van der Waals surface area contributed by atoms with Crippen molar-refractivity contribution in [2.75, 3.05) is 20.6 Å². The molecule has 0 bridgehead atoms. The normalized spacial score (nSPS) is 22.6. The molecule has 0 aliphatic heterocycles. The zero-order chi connectivity index (χ0) is 16.9. The van der Waals surface area contributed by atoms with Gasteiger partial charge < -0.3 is 10.0 Å². The van der Waals surface area contributed by atoms with Crippen molar-refractivity contribution in [3.05, 3.63) is 35.4 Å². The zero-order valence-corrected chi connectivity index (χ0v) is 16.7. The van der Waals surface area contributed by atoms with Crippen LogP contribution in [0, 0.1) is 11.8 Å². The van der Waals surface area contributed by atoms with Crippen molar-refractivity contribution in [2.45, 2.75) is 57.8 Å². The molecule has 0 spiro atoms. The molecule has 1 aromatic rings. The van der Waals surface area contributed by atoms with Crippen LogP contribution >= 0.6 is 12.4 Å². The highest BCUT2D eigenvalue weighted by Crippen LogP contribution is 2.42. The predicted molar refractivity (Wildman–Crippen MR) is 109 cm³/mol. The van der Waals surface area contributed by atoms with E-state index in [1.54, 1.807) is 11.6 Å². The minimum atomic E-state index is 0. The number of nitrogens with zero attached hydrogens (tertiary/aromatic N) is 1. The summed E-state index contributed by atoms with van der Waals surface area (Å²) in [5, 5.41) is 9.96. The maximum Gasteiger partial charge on any atom is 0.116 e. The molecule has 2 aliphatic carbocycles. The predicted octanol–water partition coefficient (Wildman–Crippen LogP) is 5.90. The van der Waals surface area contributed by atoms with E-state index in [1.165, 1.54) is 68.9 Å². The minimum Gasteiger partial charge on any atom is -0.508 e. The van der Waals surface area contributed by atoms with Gasteiger partial charge in [-0.25, -0.2) is 0 Å². The number of allylic oxidation sites excluding steroid dienone is 1. The third-order valence-electron chi connectivity index (χ3n) is 5.96. The molecule has 0 aromatic heterocycles. The average Bonchev–Trinajstić information content (AvgIpc) is 2.78. The fourth-order valence-corrected chi connectivity index (χ4v) is 4.82. The standard InChI is InChI=1S/C22H33NO.ClH/c1-23(2)16-20-12-6-10-18(17-8-4-3-5-9-17)15-22(20)19-11-7-13-21(24)14-19;/h7,11,13-14,17-18,24H,3-6,8-10,12,15-16H2,1-2H3;1H. The number of hydrogen-bond donors (Lipinski definition) is 1. The van der Waals surface area contributed by atoms with Gasteiger partial charge in [0.2, 0.25) is 0 Å². The fraction of sp³-hybridized carbons (Fsp3) is 0.636. The van der Waals surface area contributed by atoms with E-state index in [4.69, 9.17) is 0 Å². The van der Waals surface area contributed by atoms with Crippen LogP contribution in [0.5, 0.6) is 5.75 Å². The Balaban J connectivity index is 0.00000225. The summed E-state index contributed by atoms with van der Waals surface area (Å²) in [5.74, 6) is 2.15. The summed E-state index contributed by atoms with van der Waals surface area (Å²) in [6.07, 6.45) is 12.3. The van der Waals surface area contributed by atoms with Crippen LogP contribution in [0.4, 0.5) is 0 Å². The van der Waals surface area contributed by atoms with E-state index < -0.39 is 0 Å². The molecule has 2 aliphatic rings. The Bertz CT molecular complexity index is 575. The molecule has 1 atom stereocenters. The molecule has 1 unspecified atom stereocenters. The lowest BCUT2D eigenvalue weighted by molar-refractivity contribution is 0.238. The monoisotopic (exact) mass is 363 g/mol. The number of hydrogen-bond acceptors (Lipinski definition) is 2. The maximum atomic E-state index is 9.96. The van der Waals surface area contributed by atoms with Crippen molar-refractivity contribution in [3.8, 4) is 5.75 Å². The van der Waals surface area contributed by atoms with Gasteiger partial charge in [0.1, 0.15) is 5.75 Å². The Morgan fingerprint density at radius 2 is 1.72 bits per heavy atom. The van der Waals surface area contributed by atoms with Crippen molar-refractivity contribution in [1.82, 2.24) is 4.90 Å².